The Hall–Kier alpha value is -4.15. The van der Waals surface area contributed by atoms with Gasteiger partial charge in [-0.3, -0.25) is 9.59 Å². The van der Waals surface area contributed by atoms with Gasteiger partial charge in [-0.25, -0.2) is 14.6 Å². The third-order valence-electron chi connectivity index (χ3n) is 4.82. The maximum atomic E-state index is 12.7. The van der Waals surface area contributed by atoms with Gasteiger partial charge in [-0.05, 0) is 23.6 Å². The molecule has 0 saturated carbocycles. The van der Waals surface area contributed by atoms with E-state index in [9.17, 15) is 19.2 Å². The summed E-state index contributed by atoms with van der Waals surface area (Å²) in [6, 6.07) is 8.91. The molecule has 2 N–H and O–H groups in total. The minimum atomic E-state index is -0.814. The Labute approximate surface area is 203 Å². The first kappa shape index (κ1) is 27.1. The fraction of sp³-hybridized carbons (Fsp3) is 0.375. The monoisotopic (exact) mass is 487 g/mol. The number of rotatable bonds is 11. The summed E-state index contributed by atoms with van der Waals surface area (Å²) in [6.45, 7) is 3.38. The first-order valence-electron chi connectivity index (χ1n) is 10.7. The lowest BCUT2D eigenvalue weighted by molar-refractivity contribution is -0.131. The molecule has 1 aromatic heterocycles. The van der Waals surface area contributed by atoms with Gasteiger partial charge in [0, 0.05) is 18.7 Å². The van der Waals surface area contributed by atoms with Gasteiger partial charge in [0.2, 0.25) is 5.91 Å². The van der Waals surface area contributed by atoms with Crippen LogP contribution >= 0.6 is 0 Å². The molecule has 2 aromatic rings. The minimum absolute atomic E-state index is 0.0273. The number of hydrogen-bond donors (Lipinski definition) is 2. The van der Waals surface area contributed by atoms with Crippen molar-refractivity contribution in [3.8, 4) is 11.5 Å². The fourth-order valence-corrected chi connectivity index (χ4v) is 2.99. The van der Waals surface area contributed by atoms with Gasteiger partial charge < -0.3 is 29.6 Å². The maximum Gasteiger partial charge on any atom is 0.356 e. The normalized spacial score (nSPS) is 11.3. The number of pyridine rings is 1. The number of methoxy groups -OCH3 is 3. The van der Waals surface area contributed by atoms with Crippen LogP contribution in [-0.2, 0) is 25.6 Å². The van der Waals surface area contributed by atoms with Crippen LogP contribution in [0.25, 0.3) is 0 Å². The van der Waals surface area contributed by atoms with Gasteiger partial charge in [0.25, 0.3) is 5.91 Å². The number of amides is 2. The number of carbonyl (C=O) groups excluding carboxylic acids is 4. The highest BCUT2D eigenvalue weighted by Gasteiger charge is 2.24. The minimum Gasteiger partial charge on any atom is -0.497 e. The van der Waals surface area contributed by atoms with Crippen LogP contribution < -0.4 is 20.1 Å². The van der Waals surface area contributed by atoms with Gasteiger partial charge in [-0.2, -0.15) is 0 Å². The van der Waals surface area contributed by atoms with E-state index >= 15 is 0 Å². The first-order valence-corrected chi connectivity index (χ1v) is 10.7. The van der Waals surface area contributed by atoms with Crippen LogP contribution in [0.15, 0.2) is 36.4 Å². The number of nitrogens with one attached hydrogen (secondary N) is 2. The molecule has 188 valence electrons. The van der Waals surface area contributed by atoms with Crippen molar-refractivity contribution in [2.45, 2.75) is 26.4 Å². The molecule has 0 saturated heterocycles. The molecule has 11 heteroatoms. The quantitative estimate of drug-likeness (QED) is 0.451. The molecule has 1 aromatic carbocycles. The highest BCUT2D eigenvalue weighted by molar-refractivity contribution is 5.92. The van der Waals surface area contributed by atoms with E-state index < -0.39 is 30.5 Å². The summed E-state index contributed by atoms with van der Waals surface area (Å²) >= 11 is 0. The molecule has 0 aliphatic carbocycles. The van der Waals surface area contributed by atoms with E-state index in [4.69, 9.17) is 9.47 Å². The van der Waals surface area contributed by atoms with E-state index in [2.05, 4.69) is 25.1 Å². The lowest BCUT2D eigenvalue weighted by Crippen LogP contribution is -2.50. The Morgan fingerprint density at radius 1 is 0.914 bits per heavy atom. The maximum absolute atomic E-state index is 12.7. The van der Waals surface area contributed by atoms with Crippen molar-refractivity contribution in [2.24, 2.45) is 5.92 Å². The van der Waals surface area contributed by atoms with Gasteiger partial charge in [0.1, 0.15) is 17.5 Å². The highest BCUT2D eigenvalue weighted by Crippen LogP contribution is 2.16. The Morgan fingerprint density at radius 2 is 1.54 bits per heavy atom. The topological polar surface area (TPSA) is 142 Å². The van der Waals surface area contributed by atoms with Crippen LogP contribution in [0.5, 0.6) is 11.5 Å². The number of aromatic nitrogens is 1. The largest absolute Gasteiger partial charge is 0.497 e. The van der Waals surface area contributed by atoms with Gasteiger partial charge in [0.05, 0.1) is 21.3 Å². The van der Waals surface area contributed by atoms with Crippen LogP contribution in [0, 0.1) is 5.92 Å². The third kappa shape index (κ3) is 7.98. The molecule has 35 heavy (non-hydrogen) atoms. The van der Waals surface area contributed by atoms with E-state index in [1.54, 1.807) is 33.1 Å². The van der Waals surface area contributed by atoms with Crippen LogP contribution in [0.2, 0.25) is 0 Å². The lowest BCUT2D eigenvalue weighted by atomic mass is 10.0. The van der Waals surface area contributed by atoms with Crippen LogP contribution in [0.4, 0.5) is 0 Å². The van der Waals surface area contributed by atoms with E-state index in [0.717, 1.165) is 19.8 Å². The molecule has 1 heterocycles. The number of ether oxygens (including phenoxy) is 4. The molecule has 0 aliphatic rings. The predicted octanol–water partition coefficient (Wildman–Crippen LogP) is 1.50. The van der Waals surface area contributed by atoms with Crippen LogP contribution in [0.1, 0.15) is 40.4 Å². The van der Waals surface area contributed by atoms with E-state index in [-0.39, 0.29) is 35.5 Å². The zero-order valence-electron chi connectivity index (χ0n) is 20.2. The Kier molecular flexibility index (Phi) is 10.0. The fourth-order valence-electron chi connectivity index (χ4n) is 2.99. The Bertz CT molecular complexity index is 1040. The van der Waals surface area contributed by atoms with Crippen molar-refractivity contribution in [2.75, 3.05) is 27.9 Å². The average Bonchev–Trinajstić information content (AvgIpc) is 2.87. The molecule has 11 nitrogen and oxygen atoms in total. The summed E-state index contributed by atoms with van der Waals surface area (Å²) in [5.74, 6) is -2.03. The second-order valence-corrected chi connectivity index (χ2v) is 7.70. The number of nitrogens with zero attached hydrogens (tertiary/aromatic N) is 1. The molecular weight excluding hydrogens is 458 g/mol. The average molecular weight is 488 g/mol. The summed E-state index contributed by atoms with van der Waals surface area (Å²) in [5.41, 5.74) is 0.459. The van der Waals surface area contributed by atoms with Crippen LogP contribution in [0.3, 0.4) is 0 Å². The Balaban J connectivity index is 2.02. The SMILES string of the molecule is COC(=O)c1cc(OCC(=O)N[C@H](C(=O)NCc2cccc(OC)c2)C(C)C)cc(C(=O)OC)n1. The molecule has 0 fully saturated rings. The second-order valence-electron chi connectivity index (χ2n) is 7.70. The van der Waals surface area contributed by atoms with E-state index in [1.165, 1.54) is 12.1 Å². The van der Waals surface area contributed by atoms with Gasteiger partial charge in [-0.1, -0.05) is 26.0 Å². The van der Waals surface area contributed by atoms with Crippen molar-refractivity contribution >= 4 is 23.8 Å². The van der Waals surface area contributed by atoms with Crippen LogP contribution in [-0.4, -0.2) is 62.7 Å². The van der Waals surface area contributed by atoms with Crippen molar-refractivity contribution in [3.63, 3.8) is 0 Å². The number of benzene rings is 1. The molecule has 0 spiro atoms. The first-order chi connectivity index (χ1) is 16.7. The molecular formula is C24H29N3O8. The number of esters is 2. The van der Waals surface area contributed by atoms with Crippen molar-refractivity contribution in [1.82, 2.24) is 15.6 Å². The molecule has 2 rings (SSSR count). The smallest absolute Gasteiger partial charge is 0.356 e. The third-order valence-corrected chi connectivity index (χ3v) is 4.82. The molecule has 2 amide bonds. The zero-order chi connectivity index (χ0) is 26.0. The molecule has 0 unspecified atom stereocenters. The van der Waals surface area contributed by atoms with Crippen molar-refractivity contribution in [1.29, 1.82) is 0 Å². The summed E-state index contributed by atoms with van der Waals surface area (Å²) in [4.78, 5) is 52.8. The summed E-state index contributed by atoms with van der Waals surface area (Å²) < 4.78 is 19.9. The number of hydrogen-bond acceptors (Lipinski definition) is 9. The standard InChI is InChI=1S/C24H29N3O8/c1-14(2)21(22(29)25-12-15-7-6-8-16(9-15)32-3)27-20(28)13-35-17-10-18(23(30)33-4)26-19(11-17)24(31)34-5/h6-11,14,21H,12-13H2,1-5H3,(H,25,29)(H,27,28)/t21-/m0/s1. The summed E-state index contributed by atoms with van der Waals surface area (Å²) in [5, 5.41) is 5.45. The van der Waals surface area contributed by atoms with Crippen molar-refractivity contribution < 1.29 is 38.1 Å². The van der Waals surface area contributed by atoms with E-state index in [0.29, 0.717) is 5.75 Å². The van der Waals surface area contributed by atoms with Gasteiger partial charge in [-0.15, -0.1) is 0 Å². The molecule has 0 bridgehead atoms. The molecule has 0 aliphatic heterocycles. The summed E-state index contributed by atoms with van der Waals surface area (Å²) in [7, 11) is 3.88. The summed E-state index contributed by atoms with van der Waals surface area (Å²) in [6.07, 6.45) is 0. The van der Waals surface area contributed by atoms with E-state index in [1.807, 2.05) is 12.1 Å². The Morgan fingerprint density at radius 3 is 2.09 bits per heavy atom. The lowest BCUT2D eigenvalue weighted by Gasteiger charge is -2.22. The van der Waals surface area contributed by atoms with Gasteiger partial charge >= 0.3 is 11.9 Å². The molecule has 0 radical (unpaired) electrons. The highest BCUT2D eigenvalue weighted by atomic mass is 16.5. The molecule has 1 atom stereocenters. The van der Waals surface area contributed by atoms with Gasteiger partial charge in [0.15, 0.2) is 18.0 Å². The zero-order valence-corrected chi connectivity index (χ0v) is 20.2. The number of carbonyl (C=O) groups is 4. The second kappa shape index (κ2) is 12.9. The predicted molar refractivity (Wildman–Crippen MR) is 124 cm³/mol. The van der Waals surface area contributed by atoms with Crippen molar-refractivity contribution in [3.05, 3.63) is 53.3 Å².